The summed E-state index contributed by atoms with van der Waals surface area (Å²) in [5.41, 5.74) is 4.38. The van der Waals surface area contributed by atoms with Gasteiger partial charge in [-0.05, 0) is 48.9 Å². The average Bonchev–Trinajstić information content (AvgIpc) is 3.28. The summed E-state index contributed by atoms with van der Waals surface area (Å²) in [6.45, 7) is 5.37. The molecule has 8 nitrogen and oxygen atoms in total. The first-order valence-corrected chi connectivity index (χ1v) is 12.2. The van der Waals surface area contributed by atoms with Crippen LogP contribution >= 0.6 is 0 Å². The molecular weight excluding hydrogens is 454 g/mol. The third-order valence-corrected chi connectivity index (χ3v) is 6.31. The summed E-state index contributed by atoms with van der Waals surface area (Å²) in [6, 6.07) is 25.1. The minimum atomic E-state index is -0.371. The molecular formula is C28H29N5O3. The van der Waals surface area contributed by atoms with Gasteiger partial charge in [0.05, 0.1) is 29.7 Å². The standard InChI is InChI=1S/C28H29N5O3/c1-2-36-26(34)22-12-14-23(15-13-22)29-28(35)32-18-16-31(17-19-32)27-30-24-10-6-7-11-25(24)33(27)20-21-8-4-3-5-9-21/h3-15H,2,16-20H2,1H3,(H,29,35). The highest BCUT2D eigenvalue weighted by Gasteiger charge is 2.25. The first-order chi connectivity index (χ1) is 17.6. The van der Waals surface area contributed by atoms with Crippen LogP contribution in [0.1, 0.15) is 22.8 Å². The number of carbonyl (C=O) groups is 2. The molecule has 184 valence electrons. The van der Waals surface area contributed by atoms with E-state index in [1.54, 1.807) is 36.1 Å². The molecule has 0 saturated carbocycles. The predicted octanol–water partition coefficient (Wildman–Crippen LogP) is 4.62. The summed E-state index contributed by atoms with van der Waals surface area (Å²) in [5, 5.41) is 2.93. The fraction of sp³-hybridized carbons (Fsp3) is 0.250. The fourth-order valence-electron chi connectivity index (χ4n) is 4.44. The lowest BCUT2D eigenvalue weighted by atomic mass is 10.2. The molecule has 1 aromatic heterocycles. The molecule has 36 heavy (non-hydrogen) atoms. The van der Waals surface area contributed by atoms with Crippen LogP contribution in [0.15, 0.2) is 78.9 Å². The van der Waals surface area contributed by atoms with Crippen LogP contribution in [0.2, 0.25) is 0 Å². The van der Waals surface area contributed by atoms with Crippen LogP contribution in [0.3, 0.4) is 0 Å². The van der Waals surface area contributed by atoms with Gasteiger partial charge in [-0.2, -0.15) is 0 Å². The maximum absolute atomic E-state index is 12.9. The minimum absolute atomic E-state index is 0.156. The van der Waals surface area contributed by atoms with Crippen LogP contribution in [0.5, 0.6) is 0 Å². The van der Waals surface area contributed by atoms with E-state index in [-0.39, 0.29) is 12.0 Å². The van der Waals surface area contributed by atoms with E-state index in [0.717, 1.165) is 23.5 Å². The van der Waals surface area contributed by atoms with Gasteiger partial charge in [0.1, 0.15) is 0 Å². The Kier molecular flexibility index (Phi) is 6.84. The van der Waals surface area contributed by atoms with E-state index in [1.807, 2.05) is 24.3 Å². The van der Waals surface area contributed by atoms with Gasteiger partial charge in [-0.1, -0.05) is 42.5 Å². The van der Waals surface area contributed by atoms with Gasteiger partial charge in [-0.25, -0.2) is 14.6 Å². The summed E-state index contributed by atoms with van der Waals surface area (Å²) < 4.78 is 7.26. The van der Waals surface area contributed by atoms with Crippen molar-refractivity contribution in [2.24, 2.45) is 0 Å². The zero-order valence-electron chi connectivity index (χ0n) is 20.3. The average molecular weight is 484 g/mol. The molecule has 3 aromatic carbocycles. The Bertz CT molecular complexity index is 1340. The second-order valence-electron chi connectivity index (χ2n) is 8.67. The quantitative estimate of drug-likeness (QED) is 0.405. The van der Waals surface area contributed by atoms with Crippen molar-refractivity contribution in [3.05, 3.63) is 90.0 Å². The zero-order chi connectivity index (χ0) is 24.9. The lowest BCUT2D eigenvalue weighted by Crippen LogP contribution is -2.50. The van der Waals surface area contributed by atoms with Crippen LogP contribution in [-0.2, 0) is 11.3 Å². The van der Waals surface area contributed by atoms with E-state index in [4.69, 9.17) is 9.72 Å². The molecule has 0 unspecified atom stereocenters. The number of esters is 1. The van der Waals surface area contributed by atoms with Gasteiger partial charge in [0, 0.05) is 31.9 Å². The summed E-state index contributed by atoms with van der Waals surface area (Å²) in [5.74, 6) is 0.555. The first kappa shape index (κ1) is 23.4. The van der Waals surface area contributed by atoms with Crippen molar-refractivity contribution in [2.45, 2.75) is 13.5 Å². The van der Waals surface area contributed by atoms with Crippen LogP contribution in [0.4, 0.5) is 16.4 Å². The number of para-hydroxylation sites is 2. The van der Waals surface area contributed by atoms with Crippen molar-refractivity contribution in [1.82, 2.24) is 14.5 Å². The number of nitrogens with zero attached hydrogens (tertiary/aromatic N) is 4. The third kappa shape index (κ3) is 5.02. The number of hydrogen-bond acceptors (Lipinski definition) is 5. The Balaban J connectivity index is 1.25. The highest BCUT2D eigenvalue weighted by Crippen LogP contribution is 2.25. The zero-order valence-corrected chi connectivity index (χ0v) is 20.3. The predicted molar refractivity (Wildman–Crippen MR) is 140 cm³/mol. The number of carbonyl (C=O) groups excluding carboxylic acids is 2. The van der Waals surface area contributed by atoms with Gasteiger partial charge >= 0.3 is 12.0 Å². The van der Waals surface area contributed by atoms with Crippen LogP contribution in [-0.4, -0.2) is 59.2 Å². The van der Waals surface area contributed by atoms with Crippen molar-refractivity contribution in [1.29, 1.82) is 0 Å². The van der Waals surface area contributed by atoms with Gasteiger partial charge in [-0.3, -0.25) is 0 Å². The van der Waals surface area contributed by atoms with Gasteiger partial charge in [0.15, 0.2) is 0 Å². The number of rotatable bonds is 6. The number of anilines is 2. The topological polar surface area (TPSA) is 79.7 Å². The molecule has 1 saturated heterocycles. The second-order valence-corrected chi connectivity index (χ2v) is 8.67. The molecule has 1 fully saturated rings. The highest BCUT2D eigenvalue weighted by atomic mass is 16.5. The van der Waals surface area contributed by atoms with E-state index in [9.17, 15) is 9.59 Å². The molecule has 8 heteroatoms. The van der Waals surface area contributed by atoms with Crippen molar-refractivity contribution < 1.29 is 14.3 Å². The molecule has 4 aromatic rings. The van der Waals surface area contributed by atoms with Crippen LogP contribution < -0.4 is 10.2 Å². The molecule has 0 bridgehead atoms. The smallest absolute Gasteiger partial charge is 0.338 e. The largest absolute Gasteiger partial charge is 0.462 e. The summed E-state index contributed by atoms with van der Waals surface area (Å²) in [7, 11) is 0. The molecule has 0 atom stereocenters. The number of ether oxygens (including phenoxy) is 1. The summed E-state index contributed by atoms with van der Waals surface area (Å²) in [4.78, 5) is 33.7. The van der Waals surface area contributed by atoms with E-state index in [0.29, 0.717) is 44.0 Å². The molecule has 0 spiro atoms. The third-order valence-electron chi connectivity index (χ3n) is 6.31. The number of imidazole rings is 1. The van der Waals surface area contributed by atoms with E-state index < -0.39 is 0 Å². The Morgan fingerprint density at radius 2 is 1.58 bits per heavy atom. The molecule has 1 aliphatic heterocycles. The number of aromatic nitrogens is 2. The van der Waals surface area contributed by atoms with Crippen LogP contribution in [0, 0.1) is 0 Å². The maximum Gasteiger partial charge on any atom is 0.338 e. The lowest BCUT2D eigenvalue weighted by Gasteiger charge is -2.35. The maximum atomic E-state index is 12.9. The molecule has 5 rings (SSSR count). The van der Waals surface area contributed by atoms with E-state index in [2.05, 4.69) is 45.1 Å². The van der Waals surface area contributed by atoms with Gasteiger partial charge in [0.2, 0.25) is 5.95 Å². The number of fused-ring (bicyclic) bond motifs is 1. The number of benzene rings is 3. The molecule has 1 aliphatic rings. The van der Waals surface area contributed by atoms with E-state index in [1.165, 1.54) is 5.56 Å². The summed E-state index contributed by atoms with van der Waals surface area (Å²) >= 11 is 0. The number of nitrogens with one attached hydrogen (secondary N) is 1. The normalized spacial score (nSPS) is 13.6. The van der Waals surface area contributed by atoms with Crippen molar-refractivity contribution >= 4 is 34.7 Å². The fourth-order valence-corrected chi connectivity index (χ4v) is 4.44. The Morgan fingerprint density at radius 1 is 0.889 bits per heavy atom. The lowest BCUT2D eigenvalue weighted by molar-refractivity contribution is 0.0526. The van der Waals surface area contributed by atoms with Gasteiger partial charge in [0.25, 0.3) is 0 Å². The molecule has 0 aliphatic carbocycles. The van der Waals surface area contributed by atoms with Crippen molar-refractivity contribution in [3.63, 3.8) is 0 Å². The van der Waals surface area contributed by atoms with E-state index >= 15 is 0 Å². The van der Waals surface area contributed by atoms with Gasteiger partial charge < -0.3 is 24.4 Å². The second kappa shape index (κ2) is 10.5. The minimum Gasteiger partial charge on any atom is -0.462 e. The number of hydrogen-bond donors (Lipinski definition) is 1. The number of piperazine rings is 1. The molecule has 1 N–H and O–H groups in total. The molecule has 0 radical (unpaired) electrons. The monoisotopic (exact) mass is 483 g/mol. The highest BCUT2D eigenvalue weighted by molar-refractivity contribution is 5.92. The molecule has 2 amide bonds. The number of amides is 2. The Morgan fingerprint density at radius 3 is 2.31 bits per heavy atom. The summed E-state index contributed by atoms with van der Waals surface area (Å²) in [6.07, 6.45) is 0. The van der Waals surface area contributed by atoms with Crippen molar-refractivity contribution in [3.8, 4) is 0 Å². The Hall–Kier alpha value is -4.33. The Labute approximate surface area is 210 Å². The molecule has 2 heterocycles. The van der Waals surface area contributed by atoms with Crippen LogP contribution in [0.25, 0.3) is 11.0 Å². The SMILES string of the molecule is CCOC(=O)c1ccc(NC(=O)N2CCN(c3nc4ccccc4n3Cc3ccccc3)CC2)cc1. The van der Waals surface area contributed by atoms with Gasteiger partial charge in [-0.15, -0.1) is 0 Å². The first-order valence-electron chi connectivity index (χ1n) is 12.2. The van der Waals surface area contributed by atoms with Crippen molar-refractivity contribution in [2.75, 3.05) is 43.0 Å². The number of urea groups is 1.